The van der Waals surface area contributed by atoms with E-state index in [0.717, 1.165) is 0 Å². The zero-order valence-electron chi connectivity index (χ0n) is 13.0. The van der Waals surface area contributed by atoms with Crippen LogP contribution in [0.2, 0.25) is 0 Å². The molecule has 0 unspecified atom stereocenters. The number of halogens is 4. The normalized spacial score (nSPS) is 11.6. The van der Waals surface area contributed by atoms with Gasteiger partial charge in [-0.1, -0.05) is 30.3 Å². The quantitative estimate of drug-likeness (QED) is 0.611. The SMILES string of the molecule is CNc1oc(-c2ccccc2)c(O)c1-c1cc(C(F)(F)F)ccc1F. The molecule has 0 aliphatic rings. The Balaban J connectivity index is 2.23. The summed E-state index contributed by atoms with van der Waals surface area (Å²) in [7, 11) is 1.46. The van der Waals surface area contributed by atoms with Gasteiger partial charge in [0.05, 0.1) is 11.1 Å². The Morgan fingerprint density at radius 3 is 2.32 bits per heavy atom. The molecule has 2 N–H and O–H groups in total. The monoisotopic (exact) mass is 351 g/mol. The van der Waals surface area contributed by atoms with Crippen LogP contribution in [0.1, 0.15) is 5.56 Å². The van der Waals surface area contributed by atoms with E-state index in [4.69, 9.17) is 4.42 Å². The van der Waals surface area contributed by atoms with E-state index >= 15 is 0 Å². The Kier molecular flexibility index (Phi) is 4.16. The van der Waals surface area contributed by atoms with Crippen LogP contribution in [0.5, 0.6) is 5.75 Å². The summed E-state index contributed by atoms with van der Waals surface area (Å²) in [6.45, 7) is 0. The number of aromatic hydroxyl groups is 1. The molecule has 3 aromatic rings. The second-order valence-corrected chi connectivity index (χ2v) is 5.29. The van der Waals surface area contributed by atoms with E-state index < -0.39 is 28.9 Å². The Hall–Kier alpha value is -2.96. The summed E-state index contributed by atoms with van der Waals surface area (Å²) in [5.41, 5.74) is -1.07. The van der Waals surface area contributed by atoms with Crippen LogP contribution in [0, 0.1) is 5.82 Å². The van der Waals surface area contributed by atoms with E-state index in [-0.39, 0.29) is 17.2 Å². The second kappa shape index (κ2) is 6.16. The third-order valence-electron chi connectivity index (χ3n) is 3.71. The van der Waals surface area contributed by atoms with Crippen molar-refractivity contribution in [3.63, 3.8) is 0 Å². The van der Waals surface area contributed by atoms with Crippen LogP contribution >= 0.6 is 0 Å². The first kappa shape index (κ1) is 16.9. The molecule has 0 fully saturated rings. The minimum Gasteiger partial charge on any atom is -0.504 e. The van der Waals surface area contributed by atoms with Gasteiger partial charge in [-0.2, -0.15) is 13.2 Å². The van der Waals surface area contributed by atoms with Crippen molar-refractivity contribution < 1.29 is 27.1 Å². The van der Waals surface area contributed by atoms with Gasteiger partial charge < -0.3 is 14.8 Å². The molecule has 3 rings (SSSR count). The van der Waals surface area contributed by atoms with Crippen molar-refractivity contribution in [2.75, 3.05) is 12.4 Å². The van der Waals surface area contributed by atoms with Crippen LogP contribution in [0.3, 0.4) is 0 Å². The number of rotatable bonds is 3. The lowest BCUT2D eigenvalue weighted by molar-refractivity contribution is -0.137. The van der Waals surface area contributed by atoms with Crippen LogP contribution in [0.4, 0.5) is 23.4 Å². The van der Waals surface area contributed by atoms with Crippen molar-refractivity contribution >= 4 is 5.88 Å². The van der Waals surface area contributed by atoms with E-state index in [0.29, 0.717) is 23.8 Å². The number of hydrogen-bond acceptors (Lipinski definition) is 3. The fourth-order valence-corrected chi connectivity index (χ4v) is 2.53. The maximum absolute atomic E-state index is 14.2. The van der Waals surface area contributed by atoms with Gasteiger partial charge in [0.2, 0.25) is 5.88 Å². The number of hydrogen-bond donors (Lipinski definition) is 2. The lowest BCUT2D eigenvalue weighted by Gasteiger charge is -2.10. The van der Waals surface area contributed by atoms with Crippen molar-refractivity contribution in [3.8, 4) is 28.2 Å². The summed E-state index contributed by atoms with van der Waals surface area (Å²) in [6.07, 6.45) is -4.64. The lowest BCUT2D eigenvalue weighted by Crippen LogP contribution is -2.05. The van der Waals surface area contributed by atoms with Crippen molar-refractivity contribution in [3.05, 3.63) is 59.9 Å². The average Bonchev–Trinajstić information content (AvgIpc) is 2.91. The van der Waals surface area contributed by atoms with Crippen LogP contribution in [-0.2, 0) is 6.18 Å². The van der Waals surface area contributed by atoms with E-state index in [2.05, 4.69) is 5.32 Å². The second-order valence-electron chi connectivity index (χ2n) is 5.29. The summed E-state index contributed by atoms with van der Waals surface area (Å²) in [5.74, 6) is -1.33. The van der Waals surface area contributed by atoms with Gasteiger partial charge in [-0.05, 0) is 18.2 Å². The van der Waals surface area contributed by atoms with E-state index in [1.807, 2.05) is 0 Å². The fourth-order valence-electron chi connectivity index (χ4n) is 2.53. The van der Waals surface area contributed by atoms with Gasteiger partial charge in [-0.25, -0.2) is 4.39 Å². The molecule has 0 saturated heterocycles. The van der Waals surface area contributed by atoms with Gasteiger partial charge in [-0.15, -0.1) is 0 Å². The smallest absolute Gasteiger partial charge is 0.416 e. The third-order valence-corrected chi connectivity index (χ3v) is 3.71. The molecule has 0 radical (unpaired) electrons. The topological polar surface area (TPSA) is 45.4 Å². The van der Waals surface area contributed by atoms with E-state index in [1.165, 1.54) is 7.05 Å². The number of nitrogens with one attached hydrogen (secondary N) is 1. The van der Waals surface area contributed by atoms with Crippen LogP contribution < -0.4 is 5.32 Å². The number of benzene rings is 2. The van der Waals surface area contributed by atoms with Gasteiger partial charge >= 0.3 is 6.18 Å². The van der Waals surface area contributed by atoms with Crippen molar-refractivity contribution in [1.82, 2.24) is 0 Å². The summed E-state index contributed by atoms with van der Waals surface area (Å²) >= 11 is 0. The third kappa shape index (κ3) is 3.05. The molecule has 7 heteroatoms. The number of alkyl halides is 3. The number of furan rings is 1. The van der Waals surface area contributed by atoms with Crippen LogP contribution in [0.15, 0.2) is 52.9 Å². The van der Waals surface area contributed by atoms with Gasteiger partial charge in [-0.3, -0.25) is 0 Å². The molecule has 1 aromatic heterocycles. The van der Waals surface area contributed by atoms with Crippen molar-refractivity contribution in [2.24, 2.45) is 0 Å². The maximum Gasteiger partial charge on any atom is 0.416 e. The summed E-state index contributed by atoms with van der Waals surface area (Å²) in [6, 6.07) is 10.5. The highest BCUT2D eigenvalue weighted by Crippen LogP contribution is 2.47. The Morgan fingerprint density at radius 1 is 1.04 bits per heavy atom. The first-order valence-corrected chi connectivity index (χ1v) is 7.29. The molecular formula is C18H13F4NO2. The Morgan fingerprint density at radius 2 is 1.72 bits per heavy atom. The van der Waals surface area contributed by atoms with Gasteiger partial charge in [0.1, 0.15) is 5.82 Å². The van der Waals surface area contributed by atoms with Gasteiger partial charge in [0, 0.05) is 18.2 Å². The largest absolute Gasteiger partial charge is 0.504 e. The van der Waals surface area contributed by atoms with Crippen LogP contribution in [-0.4, -0.2) is 12.2 Å². The molecule has 1 heterocycles. The highest BCUT2D eigenvalue weighted by Gasteiger charge is 2.33. The summed E-state index contributed by atoms with van der Waals surface area (Å²) in [5, 5.41) is 13.1. The predicted molar refractivity (Wildman–Crippen MR) is 85.8 cm³/mol. The molecule has 0 saturated carbocycles. The van der Waals surface area contributed by atoms with Crippen LogP contribution in [0.25, 0.3) is 22.5 Å². The Bertz CT molecular complexity index is 901. The predicted octanol–water partition coefficient (Wildman–Crippen LogP) is 5.52. The maximum atomic E-state index is 14.2. The standard InChI is InChI=1S/C18H13F4NO2/c1-23-17-14(12-9-11(18(20,21)22)7-8-13(12)19)15(24)16(25-17)10-5-3-2-4-6-10/h2-9,23-24H,1H3. The Labute approximate surface area is 140 Å². The molecule has 0 atom stereocenters. The molecule has 0 amide bonds. The van der Waals surface area contributed by atoms with Gasteiger partial charge in [0.25, 0.3) is 0 Å². The van der Waals surface area contributed by atoms with E-state index in [1.54, 1.807) is 30.3 Å². The zero-order chi connectivity index (χ0) is 18.2. The molecular weight excluding hydrogens is 338 g/mol. The van der Waals surface area contributed by atoms with Crippen molar-refractivity contribution in [2.45, 2.75) is 6.18 Å². The molecule has 3 nitrogen and oxygen atoms in total. The molecule has 25 heavy (non-hydrogen) atoms. The van der Waals surface area contributed by atoms with Crippen molar-refractivity contribution in [1.29, 1.82) is 0 Å². The fraction of sp³-hybridized carbons (Fsp3) is 0.111. The highest BCUT2D eigenvalue weighted by atomic mass is 19.4. The molecule has 130 valence electrons. The van der Waals surface area contributed by atoms with Gasteiger partial charge in [0.15, 0.2) is 11.5 Å². The minimum absolute atomic E-state index is 0.0328. The van der Waals surface area contributed by atoms with E-state index in [9.17, 15) is 22.7 Å². The highest BCUT2D eigenvalue weighted by molar-refractivity contribution is 5.87. The molecule has 0 aliphatic heterocycles. The molecule has 0 aliphatic carbocycles. The minimum atomic E-state index is -4.64. The molecule has 0 bridgehead atoms. The number of anilines is 1. The molecule has 0 spiro atoms. The average molecular weight is 351 g/mol. The lowest BCUT2D eigenvalue weighted by atomic mass is 10.0. The first-order chi connectivity index (χ1) is 11.8. The summed E-state index contributed by atoms with van der Waals surface area (Å²) < 4.78 is 58.5. The molecule has 2 aromatic carbocycles. The zero-order valence-corrected chi connectivity index (χ0v) is 13.0. The first-order valence-electron chi connectivity index (χ1n) is 7.29. The summed E-state index contributed by atoms with van der Waals surface area (Å²) in [4.78, 5) is 0.